The van der Waals surface area contributed by atoms with E-state index in [2.05, 4.69) is 9.71 Å². The van der Waals surface area contributed by atoms with Crippen molar-refractivity contribution in [3.63, 3.8) is 0 Å². The van der Waals surface area contributed by atoms with E-state index in [9.17, 15) is 8.42 Å². The van der Waals surface area contributed by atoms with Gasteiger partial charge in [0.25, 0.3) is 0 Å². The summed E-state index contributed by atoms with van der Waals surface area (Å²) >= 11 is 0. The highest BCUT2D eigenvalue weighted by atomic mass is 32.2. The fraction of sp³-hybridized carbons (Fsp3) is 0.500. The smallest absolute Gasteiger partial charge is 0.242 e. The third kappa shape index (κ3) is 4.29. The van der Waals surface area contributed by atoms with Crippen LogP contribution in [-0.4, -0.2) is 32.6 Å². The first-order valence-electron chi connectivity index (χ1n) is 5.03. The van der Waals surface area contributed by atoms with Crippen LogP contribution in [0.2, 0.25) is 0 Å². The van der Waals surface area contributed by atoms with Crippen molar-refractivity contribution in [1.29, 1.82) is 0 Å². The second-order valence-corrected chi connectivity index (χ2v) is 6.12. The van der Waals surface area contributed by atoms with Crippen LogP contribution < -0.4 is 15.2 Å². The minimum atomic E-state index is -3.57. The van der Waals surface area contributed by atoms with Crippen LogP contribution in [0.4, 0.5) is 0 Å². The van der Waals surface area contributed by atoms with E-state index < -0.39 is 15.6 Å². The predicted octanol–water partition coefficient (Wildman–Crippen LogP) is 0.106. The molecule has 0 bridgehead atoms. The van der Waals surface area contributed by atoms with Gasteiger partial charge in [0.2, 0.25) is 15.9 Å². The lowest BCUT2D eigenvalue weighted by molar-refractivity contribution is 0.397. The van der Waals surface area contributed by atoms with Gasteiger partial charge in [0.05, 0.1) is 13.3 Å². The number of pyridine rings is 1. The van der Waals surface area contributed by atoms with Gasteiger partial charge in [0.1, 0.15) is 4.90 Å². The number of hydrogen-bond donors (Lipinski definition) is 2. The van der Waals surface area contributed by atoms with Gasteiger partial charge in [-0.05, 0) is 19.9 Å². The van der Waals surface area contributed by atoms with Gasteiger partial charge >= 0.3 is 0 Å². The number of nitrogens with one attached hydrogen (secondary N) is 1. The Kier molecular flexibility index (Phi) is 4.07. The zero-order valence-corrected chi connectivity index (χ0v) is 10.9. The lowest BCUT2D eigenvalue weighted by Gasteiger charge is -2.18. The van der Waals surface area contributed by atoms with Crippen LogP contribution in [-0.2, 0) is 10.0 Å². The standard InChI is InChI=1S/C10H17N3O3S/c1-10(2,11)7-13-17(14,15)8-4-5-9(16-3)12-6-8/h4-6,13H,7,11H2,1-3H3. The summed E-state index contributed by atoms with van der Waals surface area (Å²) < 4.78 is 30.9. The van der Waals surface area contributed by atoms with E-state index in [1.165, 1.54) is 25.4 Å². The van der Waals surface area contributed by atoms with Gasteiger partial charge in [-0.25, -0.2) is 18.1 Å². The molecule has 0 saturated heterocycles. The molecule has 0 atom stereocenters. The van der Waals surface area contributed by atoms with E-state index in [1.54, 1.807) is 13.8 Å². The molecule has 7 heteroatoms. The maximum Gasteiger partial charge on any atom is 0.242 e. The Balaban J connectivity index is 2.82. The van der Waals surface area contributed by atoms with Gasteiger partial charge in [-0.15, -0.1) is 0 Å². The fourth-order valence-corrected chi connectivity index (χ4v) is 2.18. The van der Waals surface area contributed by atoms with Gasteiger partial charge in [-0.3, -0.25) is 0 Å². The largest absolute Gasteiger partial charge is 0.481 e. The maximum atomic E-state index is 11.8. The molecular formula is C10H17N3O3S. The summed E-state index contributed by atoms with van der Waals surface area (Å²) in [6.45, 7) is 3.63. The zero-order valence-electron chi connectivity index (χ0n) is 10.1. The van der Waals surface area contributed by atoms with Crippen LogP contribution >= 0.6 is 0 Å². The van der Waals surface area contributed by atoms with Crippen molar-refractivity contribution < 1.29 is 13.2 Å². The average Bonchev–Trinajstić information content (AvgIpc) is 2.26. The summed E-state index contributed by atoms with van der Waals surface area (Å²) in [5.74, 6) is 0.364. The quantitative estimate of drug-likeness (QED) is 0.782. The van der Waals surface area contributed by atoms with Gasteiger partial charge < -0.3 is 10.5 Å². The SMILES string of the molecule is COc1ccc(S(=O)(=O)NCC(C)(C)N)cn1. The Morgan fingerprint density at radius 3 is 2.53 bits per heavy atom. The molecule has 1 rings (SSSR count). The number of methoxy groups -OCH3 is 1. The molecule has 1 aromatic rings. The molecule has 0 aliphatic carbocycles. The Morgan fingerprint density at radius 2 is 2.12 bits per heavy atom. The third-order valence-corrected chi connectivity index (χ3v) is 3.33. The first-order chi connectivity index (χ1) is 7.74. The lowest BCUT2D eigenvalue weighted by Crippen LogP contribution is -2.45. The van der Waals surface area contributed by atoms with Crippen LogP contribution in [0.25, 0.3) is 0 Å². The molecule has 0 fully saturated rings. The van der Waals surface area contributed by atoms with Crippen molar-refractivity contribution in [1.82, 2.24) is 9.71 Å². The molecule has 0 amide bonds. The molecular weight excluding hydrogens is 242 g/mol. The molecule has 0 unspecified atom stereocenters. The van der Waals surface area contributed by atoms with Crippen LogP contribution in [0.5, 0.6) is 5.88 Å². The normalized spacial score (nSPS) is 12.5. The monoisotopic (exact) mass is 259 g/mol. The molecule has 0 spiro atoms. The molecule has 0 aliphatic heterocycles. The van der Waals surface area contributed by atoms with Crippen molar-refractivity contribution >= 4 is 10.0 Å². The number of aromatic nitrogens is 1. The Morgan fingerprint density at radius 1 is 1.47 bits per heavy atom. The van der Waals surface area contributed by atoms with Crippen LogP contribution in [0.1, 0.15) is 13.8 Å². The molecule has 0 aliphatic rings. The number of rotatable bonds is 5. The fourth-order valence-electron chi connectivity index (χ4n) is 1.01. The summed E-state index contributed by atoms with van der Waals surface area (Å²) in [5.41, 5.74) is 5.10. The molecule has 0 radical (unpaired) electrons. The van der Waals surface area contributed by atoms with Gasteiger partial charge in [-0.1, -0.05) is 0 Å². The van der Waals surface area contributed by atoms with Crippen molar-refractivity contribution in [3.05, 3.63) is 18.3 Å². The molecule has 1 heterocycles. The number of nitrogens with zero attached hydrogens (tertiary/aromatic N) is 1. The summed E-state index contributed by atoms with van der Waals surface area (Å²) in [7, 11) is -2.10. The Labute approximate surface area is 101 Å². The van der Waals surface area contributed by atoms with E-state index in [1.807, 2.05) is 0 Å². The molecule has 1 aromatic heterocycles. The number of nitrogens with two attached hydrogens (primary N) is 1. The van der Waals surface area contributed by atoms with Crippen molar-refractivity contribution in [2.24, 2.45) is 5.73 Å². The molecule has 96 valence electrons. The van der Waals surface area contributed by atoms with Crippen LogP contribution in [0, 0.1) is 0 Å². The Hall–Kier alpha value is -1.18. The van der Waals surface area contributed by atoms with E-state index in [4.69, 9.17) is 10.5 Å². The molecule has 0 saturated carbocycles. The molecule has 17 heavy (non-hydrogen) atoms. The Bertz CT molecular complexity index is 463. The average molecular weight is 259 g/mol. The first kappa shape index (κ1) is 13.9. The lowest BCUT2D eigenvalue weighted by atomic mass is 10.1. The first-order valence-corrected chi connectivity index (χ1v) is 6.51. The number of ether oxygens (including phenoxy) is 1. The molecule has 3 N–H and O–H groups in total. The van der Waals surface area contributed by atoms with E-state index in [0.29, 0.717) is 5.88 Å². The predicted molar refractivity (Wildman–Crippen MR) is 64.2 cm³/mol. The van der Waals surface area contributed by atoms with E-state index in [0.717, 1.165) is 0 Å². The summed E-state index contributed by atoms with van der Waals surface area (Å²) in [6.07, 6.45) is 1.24. The second-order valence-electron chi connectivity index (χ2n) is 4.35. The van der Waals surface area contributed by atoms with Gasteiger partial charge in [0.15, 0.2) is 0 Å². The topological polar surface area (TPSA) is 94.3 Å². The highest BCUT2D eigenvalue weighted by molar-refractivity contribution is 7.89. The number of sulfonamides is 1. The van der Waals surface area contributed by atoms with Crippen molar-refractivity contribution in [2.75, 3.05) is 13.7 Å². The second kappa shape index (κ2) is 4.99. The third-order valence-electron chi connectivity index (χ3n) is 1.95. The zero-order chi connectivity index (χ0) is 13.1. The summed E-state index contributed by atoms with van der Waals surface area (Å²) in [5, 5.41) is 0. The van der Waals surface area contributed by atoms with Crippen LogP contribution in [0.15, 0.2) is 23.2 Å². The molecule has 0 aromatic carbocycles. The van der Waals surface area contributed by atoms with Crippen molar-refractivity contribution in [3.8, 4) is 5.88 Å². The van der Waals surface area contributed by atoms with Crippen molar-refractivity contribution in [2.45, 2.75) is 24.3 Å². The van der Waals surface area contributed by atoms with E-state index in [-0.39, 0.29) is 11.4 Å². The van der Waals surface area contributed by atoms with Gasteiger partial charge in [0, 0.05) is 18.2 Å². The molecule has 6 nitrogen and oxygen atoms in total. The highest BCUT2D eigenvalue weighted by Crippen LogP contribution is 2.11. The van der Waals surface area contributed by atoms with E-state index >= 15 is 0 Å². The van der Waals surface area contributed by atoms with Gasteiger partial charge in [-0.2, -0.15) is 0 Å². The summed E-state index contributed by atoms with van der Waals surface area (Å²) in [6, 6.07) is 2.92. The number of hydrogen-bond acceptors (Lipinski definition) is 5. The summed E-state index contributed by atoms with van der Waals surface area (Å²) in [4.78, 5) is 3.92. The minimum absolute atomic E-state index is 0.0857. The minimum Gasteiger partial charge on any atom is -0.481 e. The highest BCUT2D eigenvalue weighted by Gasteiger charge is 2.18. The van der Waals surface area contributed by atoms with Crippen LogP contribution in [0.3, 0.4) is 0 Å². The maximum absolute atomic E-state index is 11.8.